The average Bonchev–Trinajstić information content (AvgIpc) is 3.07. The van der Waals surface area contributed by atoms with Gasteiger partial charge in [0.1, 0.15) is 6.61 Å². The van der Waals surface area contributed by atoms with Crippen LogP contribution in [0.25, 0.3) is 0 Å². The normalized spacial score (nSPS) is 39.0. The molecule has 0 unspecified atom stereocenters. The lowest BCUT2D eigenvalue weighted by Crippen LogP contribution is -2.58. The smallest absolute Gasteiger partial charge is 0.312 e. The van der Waals surface area contributed by atoms with E-state index in [1.165, 1.54) is 0 Å². The summed E-state index contributed by atoms with van der Waals surface area (Å²) in [4.78, 5) is 18.4. The van der Waals surface area contributed by atoms with Gasteiger partial charge in [0.15, 0.2) is 23.3 Å². The molecule has 4 saturated carbocycles. The Hall–Kier alpha value is -2.19. The van der Waals surface area contributed by atoms with E-state index in [0.29, 0.717) is 18.9 Å². The molecule has 1 aromatic rings. The van der Waals surface area contributed by atoms with Gasteiger partial charge in [-0.25, -0.2) is 22.0 Å². The van der Waals surface area contributed by atoms with Gasteiger partial charge in [0.2, 0.25) is 5.82 Å². The number of fused-ring (bicyclic) bond motifs is 3. The lowest BCUT2D eigenvalue weighted by atomic mass is 9.40. The molecule has 4 aliphatic carbocycles. The van der Waals surface area contributed by atoms with Crippen molar-refractivity contribution in [3.8, 4) is 0 Å². The van der Waals surface area contributed by atoms with Gasteiger partial charge < -0.3 is 9.57 Å². The van der Waals surface area contributed by atoms with Crippen molar-refractivity contribution < 1.29 is 36.3 Å². The van der Waals surface area contributed by atoms with Crippen molar-refractivity contribution in [2.75, 3.05) is 6.61 Å². The summed E-state index contributed by atoms with van der Waals surface area (Å²) in [5, 5.41) is 4.26. The van der Waals surface area contributed by atoms with Crippen molar-refractivity contribution in [1.29, 1.82) is 0 Å². The number of ether oxygens (including phenoxy) is 1. The monoisotopic (exact) mass is 541 g/mol. The number of hydrogen-bond donors (Lipinski definition) is 0. The molecule has 1 spiro atoms. The topological polar surface area (TPSA) is 47.9 Å². The van der Waals surface area contributed by atoms with Gasteiger partial charge in [0.05, 0.1) is 23.3 Å². The number of carbonyl (C=O) groups is 1. The second-order valence-electron chi connectivity index (χ2n) is 12.8. The Morgan fingerprint density at radius 3 is 2.18 bits per heavy atom. The first-order valence-electron chi connectivity index (χ1n) is 13.7. The number of benzene rings is 1. The number of oxime groups is 1. The van der Waals surface area contributed by atoms with Crippen LogP contribution in [0.15, 0.2) is 5.16 Å². The van der Waals surface area contributed by atoms with Gasteiger partial charge in [-0.05, 0) is 87.9 Å². The number of nitrogens with zero attached hydrogens (tertiary/aromatic N) is 1. The first-order valence-corrected chi connectivity index (χ1v) is 13.7. The summed E-state index contributed by atoms with van der Waals surface area (Å²) in [6.45, 7) is 7.91. The van der Waals surface area contributed by atoms with Crippen LogP contribution in [-0.4, -0.2) is 18.3 Å². The van der Waals surface area contributed by atoms with Crippen LogP contribution in [0.1, 0.15) is 91.0 Å². The highest BCUT2D eigenvalue weighted by Gasteiger charge is 2.67. The van der Waals surface area contributed by atoms with E-state index in [2.05, 4.69) is 25.9 Å². The zero-order valence-electron chi connectivity index (χ0n) is 22.5. The summed E-state index contributed by atoms with van der Waals surface area (Å²) in [6.07, 6.45) is 8.15. The first kappa shape index (κ1) is 27.4. The molecule has 210 valence electrons. The highest BCUT2D eigenvalue weighted by atomic mass is 19.2. The van der Waals surface area contributed by atoms with Gasteiger partial charge in [0, 0.05) is 5.41 Å². The Morgan fingerprint density at radius 2 is 1.53 bits per heavy atom. The SMILES string of the molecule is CCOC(=O)[C@]1(C)CCC[C@@]2(C)[C@@H]3CC[C@@]4(C)C[C@]3(CC[C@@H]21)C/C4=N\OCc1c(F)c(F)c(F)c(F)c1F. The fraction of sp³-hybridized carbons (Fsp3) is 0.724. The van der Waals surface area contributed by atoms with Crippen LogP contribution in [0.5, 0.6) is 0 Å². The molecular formula is C29H36F5NO3. The highest BCUT2D eigenvalue weighted by molar-refractivity contribution is 5.93. The summed E-state index contributed by atoms with van der Waals surface area (Å²) in [7, 11) is 0. The third-order valence-corrected chi connectivity index (χ3v) is 10.8. The minimum absolute atomic E-state index is 0.0159. The molecule has 2 bridgehead atoms. The summed E-state index contributed by atoms with van der Waals surface area (Å²) >= 11 is 0. The van der Waals surface area contributed by atoms with E-state index in [0.717, 1.165) is 57.1 Å². The van der Waals surface area contributed by atoms with E-state index in [1.54, 1.807) is 0 Å². The Bertz CT molecular complexity index is 1160. The molecule has 0 aromatic heterocycles. The molecule has 38 heavy (non-hydrogen) atoms. The summed E-state index contributed by atoms with van der Waals surface area (Å²) < 4.78 is 74.3. The summed E-state index contributed by atoms with van der Waals surface area (Å²) in [5.41, 5.74) is -1.04. The van der Waals surface area contributed by atoms with E-state index in [9.17, 15) is 26.7 Å². The Labute approximate surface area is 220 Å². The molecule has 0 saturated heterocycles. The van der Waals surface area contributed by atoms with Crippen molar-refractivity contribution in [2.24, 2.45) is 38.7 Å². The van der Waals surface area contributed by atoms with Crippen LogP contribution in [0.3, 0.4) is 0 Å². The van der Waals surface area contributed by atoms with Gasteiger partial charge in [-0.1, -0.05) is 25.4 Å². The second kappa shape index (κ2) is 9.19. The largest absolute Gasteiger partial charge is 0.466 e. The summed E-state index contributed by atoms with van der Waals surface area (Å²) in [5.74, 6) is -9.45. The highest BCUT2D eigenvalue weighted by Crippen LogP contribution is 2.73. The van der Waals surface area contributed by atoms with Gasteiger partial charge in [0.25, 0.3) is 0 Å². The van der Waals surface area contributed by atoms with Crippen LogP contribution in [-0.2, 0) is 21.0 Å². The van der Waals surface area contributed by atoms with E-state index in [1.807, 2.05) is 6.92 Å². The molecule has 0 heterocycles. The average molecular weight is 542 g/mol. The molecule has 1 aromatic carbocycles. The predicted octanol–water partition coefficient (Wildman–Crippen LogP) is 7.62. The van der Waals surface area contributed by atoms with Crippen LogP contribution in [0.4, 0.5) is 22.0 Å². The molecule has 0 radical (unpaired) electrons. The van der Waals surface area contributed by atoms with Gasteiger partial charge in [-0.3, -0.25) is 4.79 Å². The van der Waals surface area contributed by atoms with Gasteiger partial charge in [-0.2, -0.15) is 0 Å². The molecule has 0 N–H and O–H groups in total. The maximum atomic E-state index is 14.1. The third kappa shape index (κ3) is 3.80. The first-order chi connectivity index (χ1) is 17.8. The van der Waals surface area contributed by atoms with Crippen molar-refractivity contribution in [1.82, 2.24) is 0 Å². The molecule has 4 aliphatic rings. The molecular weight excluding hydrogens is 505 g/mol. The zero-order valence-corrected chi connectivity index (χ0v) is 22.5. The van der Waals surface area contributed by atoms with Crippen LogP contribution in [0.2, 0.25) is 0 Å². The van der Waals surface area contributed by atoms with Crippen molar-refractivity contribution >= 4 is 11.7 Å². The van der Waals surface area contributed by atoms with E-state index >= 15 is 0 Å². The van der Waals surface area contributed by atoms with Crippen molar-refractivity contribution in [2.45, 2.75) is 92.1 Å². The Balaban J connectivity index is 1.39. The second-order valence-corrected chi connectivity index (χ2v) is 12.8. The minimum atomic E-state index is -2.19. The minimum Gasteiger partial charge on any atom is -0.466 e. The lowest BCUT2D eigenvalue weighted by Gasteiger charge is -2.64. The fourth-order valence-corrected chi connectivity index (χ4v) is 9.16. The number of halogens is 5. The molecule has 4 fully saturated rings. The Morgan fingerprint density at radius 1 is 0.895 bits per heavy atom. The van der Waals surface area contributed by atoms with Crippen LogP contribution in [0, 0.1) is 62.6 Å². The molecule has 5 rings (SSSR count). The molecule has 4 nitrogen and oxygen atoms in total. The van der Waals surface area contributed by atoms with Gasteiger partial charge >= 0.3 is 5.97 Å². The van der Waals surface area contributed by atoms with Gasteiger partial charge in [-0.15, -0.1) is 0 Å². The summed E-state index contributed by atoms with van der Waals surface area (Å²) in [6, 6.07) is 0. The maximum Gasteiger partial charge on any atom is 0.312 e. The predicted molar refractivity (Wildman–Crippen MR) is 130 cm³/mol. The molecule has 0 amide bonds. The Kier molecular flexibility index (Phi) is 6.62. The quantitative estimate of drug-likeness (QED) is 0.127. The fourth-order valence-electron chi connectivity index (χ4n) is 9.16. The maximum absolute atomic E-state index is 14.1. The molecule has 6 atom stereocenters. The van der Waals surface area contributed by atoms with E-state index < -0.39 is 46.7 Å². The van der Waals surface area contributed by atoms with Crippen LogP contribution >= 0.6 is 0 Å². The number of esters is 1. The van der Waals surface area contributed by atoms with E-state index in [4.69, 9.17) is 9.57 Å². The number of rotatable bonds is 5. The molecule has 9 heteroatoms. The third-order valence-electron chi connectivity index (χ3n) is 10.8. The lowest BCUT2D eigenvalue weighted by molar-refractivity contribution is -0.187. The number of carbonyl (C=O) groups excluding carboxylic acids is 1. The zero-order chi connectivity index (χ0) is 27.7. The van der Waals surface area contributed by atoms with Crippen molar-refractivity contribution in [3.05, 3.63) is 34.6 Å². The number of hydrogen-bond acceptors (Lipinski definition) is 4. The standard InChI is InChI=1S/C29H36F5NO3/c1-5-37-25(36)28(4)10-6-9-27(3)17(28)8-12-29-13-19(26(2,15-29)11-7-18(27)29)35-38-14-16-20(30)22(32)24(34)23(33)21(16)31/h17-18H,5-15H2,1-4H3/b35-19+/t17-,18-,26-,27+,28+,29-/m0/s1. The van der Waals surface area contributed by atoms with Crippen LogP contribution < -0.4 is 0 Å². The molecule has 0 aliphatic heterocycles. The van der Waals surface area contributed by atoms with Crippen molar-refractivity contribution in [3.63, 3.8) is 0 Å². The van der Waals surface area contributed by atoms with E-state index in [-0.39, 0.29) is 28.1 Å².